The number of aryl methyl sites for hydroxylation is 1. The van der Waals surface area contributed by atoms with Crippen molar-refractivity contribution in [1.82, 2.24) is 24.4 Å². The van der Waals surface area contributed by atoms with Crippen molar-refractivity contribution in [3.63, 3.8) is 0 Å². The summed E-state index contributed by atoms with van der Waals surface area (Å²) in [6, 6.07) is 11.7. The van der Waals surface area contributed by atoms with Gasteiger partial charge in [0.2, 0.25) is 5.91 Å². The highest BCUT2D eigenvalue weighted by atomic mass is 19.1. The van der Waals surface area contributed by atoms with Gasteiger partial charge in [0, 0.05) is 23.3 Å². The van der Waals surface area contributed by atoms with Crippen molar-refractivity contribution in [2.24, 2.45) is 0 Å². The molecular weight excluding hydrogens is 502 g/mol. The van der Waals surface area contributed by atoms with Crippen LogP contribution in [-0.4, -0.2) is 38.1 Å². The van der Waals surface area contributed by atoms with Crippen LogP contribution in [0.2, 0.25) is 0 Å². The Kier molecular flexibility index (Phi) is 7.03. The summed E-state index contributed by atoms with van der Waals surface area (Å²) in [5, 5.41) is 6.20. The van der Waals surface area contributed by atoms with Gasteiger partial charge < -0.3 is 15.2 Å². The van der Waals surface area contributed by atoms with Crippen molar-refractivity contribution in [3.8, 4) is 16.9 Å². The van der Waals surface area contributed by atoms with Gasteiger partial charge in [-0.05, 0) is 80.6 Å². The van der Waals surface area contributed by atoms with Crippen molar-refractivity contribution in [1.29, 1.82) is 0 Å². The average molecular weight is 529 g/mol. The van der Waals surface area contributed by atoms with Crippen molar-refractivity contribution >= 4 is 22.6 Å². The molecule has 3 heterocycles. The second-order valence-corrected chi connectivity index (χ2v) is 9.28. The number of likely N-dealkylation sites (N-methyl/N-ethyl adjacent to an activating group) is 1. The fourth-order valence-corrected chi connectivity index (χ4v) is 4.39. The molecule has 0 radical (unpaired) electrons. The first-order valence-corrected chi connectivity index (χ1v) is 12.3. The highest BCUT2D eigenvalue weighted by molar-refractivity contribution is 5.93. The summed E-state index contributed by atoms with van der Waals surface area (Å²) >= 11 is 0. The Balaban J connectivity index is 1.58. The van der Waals surface area contributed by atoms with Gasteiger partial charge in [-0.3, -0.25) is 19.1 Å². The van der Waals surface area contributed by atoms with Crippen LogP contribution < -0.4 is 16.2 Å². The van der Waals surface area contributed by atoms with E-state index in [0.717, 1.165) is 22.2 Å². The molecule has 0 saturated heterocycles. The first-order chi connectivity index (χ1) is 18.7. The summed E-state index contributed by atoms with van der Waals surface area (Å²) in [5.74, 6) is -1.24. The van der Waals surface area contributed by atoms with Crippen LogP contribution in [0.15, 0.2) is 78.1 Å². The molecule has 0 aliphatic heterocycles. The molecule has 0 aliphatic rings. The molecule has 2 N–H and O–H groups in total. The van der Waals surface area contributed by atoms with Gasteiger partial charge in [0.15, 0.2) is 5.82 Å². The first kappa shape index (κ1) is 25.9. The molecule has 2 aromatic carbocycles. The summed E-state index contributed by atoms with van der Waals surface area (Å²) in [6.45, 7) is 3.68. The standard InChI is InChI=1S/C29H26F2N6O2/c1-17-15-36(25-9-8-22(31)11-24(17)25)23-10-19(12-33-13-23)16-37-26(20-4-6-21(30)7-5-20)14-34-27(29(37)39)35-28(38)18(2)32-3/h4-15,18,32H,16H2,1-3H3,(H,34,35,38)/t18-/m0/s1. The number of amides is 1. The van der Waals surface area contributed by atoms with Gasteiger partial charge in [-0.25, -0.2) is 13.8 Å². The number of nitrogens with one attached hydrogen (secondary N) is 2. The molecule has 8 nitrogen and oxygen atoms in total. The third-order valence-electron chi connectivity index (χ3n) is 6.63. The molecule has 198 valence electrons. The molecule has 5 rings (SSSR count). The van der Waals surface area contributed by atoms with Crippen molar-refractivity contribution in [2.75, 3.05) is 12.4 Å². The number of carbonyl (C=O) groups is 1. The Hall–Kier alpha value is -4.70. The van der Waals surface area contributed by atoms with Crippen molar-refractivity contribution in [2.45, 2.75) is 26.4 Å². The normalized spacial score (nSPS) is 12.0. The molecule has 3 aromatic heterocycles. The summed E-state index contributed by atoms with van der Waals surface area (Å²) < 4.78 is 30.8. The zero-order valence-electron chi connectivity index (χ0n) is 21.6. The smallest absolute Gasteiger partial charge is 0.294 e. The number of anilines is 1. The molecule has 10 heteroatoms. The molecule has 0 unspecified atom stereocenters. The fraction of sp³-hybridized carbons (Fsp3) is 0.172. The first-order valence-electron chi connectivity index (χ1n) is 12.3. The molecule has 0 fully saturated rings. The largest absolute Gasteiger partial charge is 0.315 e. The summed E-state index contributed by atoms with van der Waals surface area (Å²) in [5.41, 5.74) is 3.69. The van der Waals surface area contributed by atoms with Gasteiger partial charge >= 0.3 is 0 Å². The third-order valence-corrected chi connectivity index (χ3v) is 6.63. The van der Waals surface area contributed by atoms with Crippen molar-refractivity contribution < 1.29 is 13.6 Å². The number of fused-ring (bicyclic) bond motifs is 1. The molecule has 1 atom stereocenters. The number of hydrogen-bond acceptors (Lipinski definition) is 5. The average Bonchev–Trinajstić information content (AvgIpc) is 3.26. The van der Waals surface area contributed by atoms with Crippen LogP contribution >= 0.6 is 0 Å². The lowest BCUT2D eigenvalue weighted by Crippen LogP contribution is -2.38. The van der Waals surface area contributed by atoms with E-state index in [1.165, 1.54) is 35.0 Å². The lowest BCUT2D eigenvalue weighted by Gasteiger charge is -2.16. The number of carbonyl (C=O) groups excluding carboxylic acids is 1. The summed E-state index contributed by atoms with van der Waals surface area (Å²) in [6.07, 6.45) is 6.71. The summed E-state index contributed by atoms with van der Waals surface area (Å²) in [7, 11) is 1.64. The number of halogens is 2. The van der Waals surface area contributed by atoms with Crippen LogP contribution in [0.5, 0.6) is 0 Å². The molecule has 0 saturated carbocycles. The molecular formula is C29H26F2N6O2. The van der Waals surface area contributed by atoms with E-state index in [4.69, 9.17) is 0 Å². The van der Waals surface area contributed by atoms with Gasteiger partial charge in [0.1, 0.15) is 11.6 Å². The Morgan fingerprint density at radius 2 is 1.77 bits per heavy atom. The van der Waals surface area contributed by atoms with Gasteiger partial charge in [0.05, 0.1) is 41.9 Å². The van der Waals surface area contributed by atoms with Crippen LogP contribution in [0, 0.1) is 18.6 Å². The number of hydrogen-bond donors (Lipinski definition) is 2. The quantitative estimate of drug-likeness (QED) is 0.326. The maximum Gasteiger partial charge on any atom is 0.294 e. The molecule has 39 heavy (non-hydrogen) atoms. The number of aromatic nitrogens is 4. The Morgan fingerprint density at radius 3 is 2.51 bits per heavy atom. The topological polar surface area (TPSA) is 93.8 Å². The number of benzene rings is 2. The lowest BCUT2D eigenvalue weighted by atomic mass is 10.1. The maximum atomic E-state index is 13.8. The Labute approximate surface area is 223 Å². The van der Waals surface area contributed by atoms with E-state index in [-0.39, 0.29) is 18.2 Å². The lowest BCUT2D eigenvalue weighted by molar-refractivity contribution is -0.117. The zero-order valence-corrected chi connectivity index (χ0v) is 21.6. The number of nitrogens with zero attached hydrogens (tertiary/aromatic N) is 4. The minimum Gasteiger partial charge on any atom is -0.315 e. The van der Waals surface area contributed by atoms with Crippen LogP contribution in [-0.2, 0) is 11.3 Å². The molecule has 0 aliphatic carbocycles. The molecule has 0 spiro atoms. The summed E-state index contributed by atoms with van der Waals surface area (Å²) in [4.78, 5) is 34.6. The third kappa shape index (κ3) is 5.19. The van der Waals surface area contributed by atoms with E-state index >= 15 is 0 Å². The monoisotopic (exact) mass is 528 g/mol. The fourth-order valence-electron chi connectivity index (χ4n) is 4.39. The van der Waals surface area contributed by atoms with Crippen LogP contribution in [0.25, 0.3) is 27.8 Å². The SMILES string of the molecule is CN[C@@H](C)C(=O)Nc1ncc(-c2ccc(F)cc2)n(Cc2cncc(-n3cc(C)c4cc(F)ccc43)c2)c1=O. The van der Waals surface area contributed by atoms with Gasteiger partial charge in [-0.15, -0.1) is 0 Å². The van der Waals surface area contributed by atoms with E-state index in [0.29, 0.717) is 16.8 Å². The van der Waals surface area contributed by atoms with Gasteiger partial charge in [-0.2, -0.15) is 0 Å². The predicted octanol–water partition coefficient (Wildman–Crippen LogP) is 4.43. The van der Waals surface area contributed by atoms with E-state index in [1.807, 2.05) is 23.8 Å². The maximum absolute atomic E-state index is 13.8. The Morgan fingerprint density at radius 1 is 1.03 bits per heavy atom. The Bertz CT molecular complexity index is 1740. The minimum atomic E-state index is -0.536. The van der Waals surface area contributed by atoms with E-state index < -0.39 is 23.3 Å². The highest BCUT2D eigenvalue weighted by Gasteiger charge is 2.18. The number of pyridine rings is 1. The van der Waals surface area contributed by atoms with Crippen molar-refractivity contribution in [3.05, 3.63) is 106 Å². The second-order valence-electron chi connectivity index (χ2n) is 9.28. The highest BCUT2D eigenvalue weighted by Crippen LogP contribution is 2.26. The predicted molar refractivity (Wildman–Crippen MR) is 146 cm³/mol. The molecule has 0 bridgehead atoms. The van der Waals surface area contributed by atoms with Gasteiger partial charge in [-0.1, -0.05) is 0 Å². The number of rotatable bonds is 7. The van der Waals surface area contributed by atoms with E-state index in [9.17, 15) is 18.4 Å². The molecule has 1 amide bonds. The van der Waals surface area contributed by atoms with E-state index in [1.54, 1.807) is 44.6 Å². The second kappa shape index (κ2) is 10.6. The van der Waals surface area contributed by atoms with Crippen LogP contribution in [0.1, 0.15) is 18.1 Å². The van der Waals surface area contributed by atoms with Crippen LogP contribution in [0.3, 0.4) is 0 Å². The minimum absolute atomic E-state index is 0.103. The van der Waals surface area contributed by atoms with Crippen LogP contribution in [0.4, 0.5) is 14.6 Å². The molecule has 5 aromatic rings. The van der Waals surface area contributed by atoms with Gasteiger partial charge in [0.25, 0.3) is 5.56 Å². The zero-order chi connectivity index (χ0) is 27.7. The van der Waals surface area contributed by atoms with E-state index in [2.05, 4.69) is 20.6 Å².